The van der Waals surface area contributed by atoms with Gasteiger partial charge in [0.2, 0.25) is 5.95 Å². The third kappa shape index (κ3) is 1.60. The second kappa shape index (κ2) is 4.22. The van der Waals surface area contributed by atoms with Crippen LogP contribution in [0.15, 0.2) is 0 Å². The van der Waals surface area contributed by atoms with Crippen LogP contribution in [0, 0.1) is 5.92 Å². The Bertz CT molecular complexity index is 654. The van der Waals surface area contributed by atoms with Gasteiger partial charge in [-0.25, -0.2) is 4.98 Å². The second-order valence-electron chi connectivity index (χ2n) is 5.96. The molecule has 2 fully saturated rings. The molecule has 1 aliphatic carbocycles. The molecule has 6 heteroatoms. The molecule has 0 bridgehead atoms. The van der Waals surface area contributed by atoms with Crippen molar-refractivity contribution in [2.24, 2.45) is 13.0 Å². The maximum absolute atomic E-state index is 6.21. The molecular weight excluding hydrogens is 254 g/mol. The minimum atomic E-state index is 0.301. The van der Waals surface area contributed by atoms with Gasteiger partial charge in [-0.3, -0.25) is 9.25 Å². The molecular formula is C14H21N5O. The van der Waals surface area contributed by atoms with E-state index in [-0.39, 0.29) is 0 Å². The van der Waals surface area contributed by atoms with Crippen molar-refractivity contribution < 1.29 is 4.74 Å². The summed E-state index contributed by atoms with van der Waals surface area (Å²) in [7, 11) is 1.97. The Balaban J connectivity index is 1.86. The Morgan fingerprint density at radius 3 is 2.85 bits per heavy atom. The molecule has 0 spiro atoms. The van der Waals surface area contributed by atoms with Crippen LogP contribution >= 0.6 is 0 Å². The Morgan fingerprint density at radius 2 is 2.15 bits per heavy atom. The minimum Gasteiger partial charge on any atom is -0.376 e. The molecule has 0 radical (unpaired) electrons. The van der Waals surface area contributed by atoms with E-state index in [1.54, 1.807) is 0 Å². The first-order valence-electron chi connectivity index (χ1n) is 7.51. The molecule has 1 saturated heterocycles. The molecule has 1 aliphatic heterocycles. The Morgan fingerprint density at radius 1 is 1.35 bits per heavy atom. The quantitative estimate of drug-likeness (QED) is 0.924. The van der Waals surface area contributed by atoms with Crippen LogP contribution in [0.25, 0.3) is 11.2 Å². The predicted octanol–water partition coefficient (Wildman–Crippen LogP) is 1.65. The van der Waals surface area contributed by atoms with Gasteiger partial charge in [0.25, 0.3) is 0 Å². The number of nitrogens with zero attached hydrogens (tertiary/aromatic N) is 4. The number of rotatable bonds is 3. The van der Waals surface area contributed by atoms with Crippen LogP contribution in [-0.4, -0.2) is 32.0 Å². The number of hydrogen-bond acceptors (Lipinski definition) is 4. The lowest BCUT2D eigenvalue weighted by Crippen LogP contribution is -2.24. The van der Waals surface area contributed by atoms with Gasteiger partial charge in [0, 0.05) is 13.7 Å². The van der Waals surface area contributed by atoms with Gasteiger partial charge in [-0.1, -0.05) is 6.92 Å². The summed E-state index contributed by atoms with van der Waals surface area (Å²) in [5, 5.41) is 4.56. The normalized spacial score (nSPS) is 26.7. The summed E-state index contributed by atoms with van der Waals surface area (Å²) in [6.45, 7) is 2.92. The molecule has 1 saturated carbocycles. The topological polar surface area (TPSA) is 70.9 Å². The predicted molar refractivity (Wildman–Crippen MR) is 76.4 cm³/mol. The van der Waals surface area contributed by atoms with Crippen LogP contribution in [0.1, 0.15) is 37.9 Å². The summed E-state index contributed by atoms with van der Waals surface area (Å²) in [4.78, 5) is 4.57. The molecule has 2 aromatic rings. The Hall–Kier alpha value is -1.56. The molecule has 108 valence electrons. The van der Waals surface area contributed by atoms with E-state index in [0.717, 1.165) is 36.3 Å². The highest BCUT2D eigenvalue weighted by molar-refractivity contribution is 5.78. The average Bonchev–Trinajstić information content (AvgIpc) is 2.94. The van der Waals surface area contributed by atoms with Crippen LogP contribution in [0.3, 0.4) is 0 Å². The molecule has 2 aromatic heterocycles. The van der Waals surface area contributed by atoms with Crippen molar-refractivity contribution in [3.8, 4) is 0 Å². The van der Waals surface area contributed by atoms with Crippen LogP contribution in [0.5, 0.6) is 0 Å². The monoisotopic (exact) mass is 275 g/mol. The zero-order valence-electron chi connectivity index (χ0n) is 12.0. The zero-order chi connectivity index (χ0) is 13.9. The summed E-state index contributed by atoms with van der Waals surface area (Å²) in [6.07, 6.45) is 4.76. The van der Waals surface area contributed by atoms with Crippen molar-refractivity contribution in [3.63, 3.8) is 0 Å². The molecule has 0 amide bonds. The van der Waals surface area contributed by atoms with Gasteiger partial charge < -0.3 is 10.5 Å². The molecule has 6 nitrogen and oxygen atoms in total. The number of anilines is 1. The SMILES string of the molecule is CCc1nn(C)c2c1nc(N)n2C1CCOC1C1CC1. The molecule has 3 heterocycles. The third-order valence-corrected chi connectivity index (χ3v) is 4.62. The summed E-state index contributed by atoms with van der Waals surface area (Å²) < 4.78 is 10.0. The van der Waals surface area contributed by atoms with Gasteiger partial charge in [-0.15, -0.1) is 0 Å². The smallest absolute Gasteiger partial charge is 0.202 e. The number of nitrogens with two attached hydrogens (primary N) is 1. The number of aromatic nitrogens is 4. The highest BCUT2D eigenvalue weighted by atomic mass is 16.5. The standard InChI is InChI=1S/C14H21N5O/c1-3-9-11-13(18(2)17-9)19(14(15)16-11)10-6-7-20-12(10)8-4-5-8/h8,10,12H,3-7H2,1-2H3,(H2,15,16). The second-order valence-corrected chi connectivity index (χ2v) is 5.96. The number of aryl methyl sites for hydroxylation is 2. The minimum absolute atomic E-state index is 0.301. The van der Waals surface area contributed by atoms with Gasteiger partial charge in [0.1, 0.15) is 5.52 Å². The van der Waals surface area contributed by atoms with Gasteiger partial charge >= 0.3 is 0 Å². The Kier molecular flexibility index (Phi) is 2.57. The number of hydrogen-bond donors (Lipinski definition) is 1. The number of ether oxygens (including phenoxy) is 1. The maximum Gasteiger partial charge on any atom is 0.202 e. The first kappa shape index (κ1) is 12.2. The number of imidazole rings is 1. The van der Waals surface area contributed by atoms with E-state index in [2.05, 4.69) is 21.6 Å². The molecule has 4 rings (SSSR count). The lowest BCUT2D eigenvalue weighted by Gasteiger charge is -2.21. The maximum atomic E-state index is 6.21. The van der Waals surface area contributed by atoms with Gasteiger partial charge in [-0.2, -0.15) is 5.10 Å². The molecule has 2 aliphatic rings. The van der Waals surface area contributed by atoms with E-state index in [0.29, 0.717) is 24.0 Å². The first-order chi connectivity index (χ1) is 9.70. The zero-order valence-corrected chi connectivity index (χ0v) is 12.0. The van der Waals surface area contributed by atoms with E-state index in [1.165, 1.54) is 12.8 Å². The van der Waals surface area contributed by atoms with Crippen LogP contribution in [0.2, 0.25) is 0 Å². The van der Waals surface area contributed by atoms with E-state index < -0.39 is 0 Å². The van der Waals surface area contributed by atoms with Gasteiger partial charge in [0.15, 0.2) is 5.65 Å². The lowest BCUT2D eigenvalue weighted by molar-refractivity contribution is 0.0760. The largest absolute Gasteiger partial charge is 0.376 e. The van der Waals surface area contributed by atoms with Crippen LogP contribution < -0.4 is 5.73 Å². The molecule has 20 heavy (non-hydrogen) atoms. The number of nitrogen functional groups attached to an aromatic ring is 1. The van der Waals surface area contributed by atoms with E-state index >= 15 is 0 Å². The summed E-state index contributed by atoms with van der Waals surface area (Å²) >= 11 is 0. The van der Waals surface area contributed by atoms with Crippen molar-refractivity contribution >= 4 is 17.1 Å². The highest BCUT2D eigenvalue weighted by Gasteiger charge is 2.43. The molecule has 2 N–H and O–H groups in total. The fourth-order valence-corrected chi connectivity index (χ4v) is 3.54. The van der Waals surface area contributed by atoms with Gasteiger partial charge in [0.05, 0.1) is 17.8 Å². The summed E-state index contributed by atoms with van der Waals surface area (Å²) in [5.41, 5.74) is 9.23. The number of fused-ring (bicyclic) bond motifs is 1. The van der Waals surface area contributed by atoms with E-state index in [1.807, 2.05) is 11.7 Å². The van der Waals surface area contributed by atoms with Crippen molar-refractivity contribution in [1.29, 1.82) is 0 Å². The van der Waals surface area contributed by atoms with Crippen LogP contribution in [-0.2, 0) is 18.2 Å². The summed E-state index contributed by atoms with van der Waals surface area (Å²) in [5.74, 6) is 1.31. The van der Waals surface area contributed by atoms with Crippen LogP contribution in [0.4, 0.5) is 5.95 Å². The molecule has 2 atom stereocenters. The molecule has 0 aromatic carbocycles. The highest BCUT2D eigenvalue weighted by Crippen LogP contribution is 2.45. The van der Waals surface area contributed by atoms with Crippen molar-refractivity contribution in [3.05, 3.63) is 5.69 Å². The first-order valence-corrected chi connectivity index (χ1v) is 7.51. The van der Waals surface area contributed by atoms with E-state index in [9.17, 15) is 0 Å². The fourth-order valence-electron chi connectivity index (χ4n) is 3.54. The Labute approximate surface area is 117 Å². The fraction of sp³-hybridized carbons (Fsp3) is 0.714. The van der Waals surface area contributed by atoms with Crippen molar-refractivity contribution in [2.45, 2.75) is 44.8 Å². The van der Waals surface area contributed by atoms with E-state index in [4.69, 9.17) is 10.5 Å². The van der Waals surface area contributed by atoms with Gasteiger partial charge in [-0.05, 0) is 31.6 Å². The average molecular weight is 275 g/mol. The summed E-state index contributed by atoms with van der Waals surface area (Å²) in [6, 6.07) is 0.313. The van der Waals surface area contributed by atoms with Crippen molar-refractivity contribution in [1.82, 2.24) is 19.3 Å². The third-order valence-electron chi connectivity index (χ3n) is 4.62. The van der Waals surface area contributed by atoms with Crippen molar-refractivity contribution in [2.75, 3.05) is 12.3 Å². The lowest BCUT2D eigenvalue weighted by atomic mass is 10.1. The molecule has 2 unspecified atom stereocenters.